The molecule has 0 bridgehead atoms. The first-order chi connectivity index (χ1) is 12.4. The van der Waals surface area contributed by atoms with Gasteiger partial charge in [-0.1, -0.05) is 0 Å². The molecule has 7 heteroatoms. The second-order valence-electron chi connectivity index (χ2n) is 7.04. The molecule has 1 aromatic carbocycles. The fourth-order valence-corrected chi connectivity index (χ4v) is 4.00. The van der Waals surface area contributed by atoms with E-state index in [4.69, 9.17) is 9.47 Å². The van der Waals surface area contributed by atoms with Crippen molar-refractivity contribution >= 4 is 0 Å². The molecule has 2 aliphatic rings. The summed E-state index contributed by atoms with van der Waals surface area (Å²) >= 11 is 0. The lowest BCUT2D eigenvalue weighted by atomic mass is 9.73. The summed E-state index contributed by atoms with van der Waals surface area (Å²) in [6.07, 6.45) is 2.60. The number of hydrogen-bond acceptors (Lipinski definition) is 7. The molecule has 0 radical (unpaired) electrons. The van der Waals surface area contributed by atoms with Gasteiger partial charge in [-0.25, -0.2) is 0 Å². The van der Waals surface area contributed by atoms with E-state index >= 15 is 0 Å². The Balaban J connectivity index is 1.82. The van der Waals surface area contributed by atoms with Crippen LogP contribution < -0.4 is 9.47 Å². The minimum absolute atomic E-state index is 0.177. The van der Waals surface area contributed by atoms with Crippen LogP contribution >= 0.6 is 0 Å². The number of benzene rings is 1. The predicted molar refractivity (Wildman–Crippen MR) is 90.7 cm³/mol. The van der Waals surface area contributed by atoms with Crippen LogP contribution in [0.25, 0.3) is 0 Å². The molecule has 1 saturated carbocycles. The zero-order chi connectivity index (χ0) is 18.4. The van der Waals surface area contributed by atoms with E-state index in [1.165, 1.54) is 12.1 Å². The Morgan fingerprint density at radius 3 is 2.65 bits per heavy atom. The number of ether oxygens (including phenoxy) is 2. The van der Waals surface area contributed by atoms with E-state index in [0.717, 1.165) is 25.7 Å². The zero-order valence-corrected chi connectivity index (χ0v) is 14.3. The summed E-state index contributed by atoms with van der Waals surface area (Å²) in [5.74, 6) is 0.570. The van der Waals surface area contributed by atoms with E-state index < -0.39 is 17.3 Å². The Labute approximate surface area is 150 Å². The van der Waals surface area contributed by atoms with Crippen molar-refractivity contribution < 1.29 is 19.7 Å². The van der Waals surface area contributed by atoms with Crippen LogP contribution in [0.5, 0.6) is 17.5 Å². The van der Waals surface area contributed by atoms with Crippen LogP contribution in [0.1, 0.15) is 49.8 Å². The van der Waals surface area contributed by atoms with Crippen LogP contribution in [-0.4, -0.2) is 31.6 Å². The standard InChI is InChI=1S/C19H19N3O4/c1-18(24)17(25-16-7-6-15(23)21-22-16)13-10-12(11-20)4-5-14(13)26-19(18)8-2-3-9-19/h4-7,10,17,24H,2-3,8-9H2,1H3,(H,21,23). The lowest BCUT2D eigenvalue weighted by molar-refractivity contribution is -0.187. The highest BCUT2D eigenvalue weighted by atomic mass is 16.6. The van der Waals surface area contributed by atoms with Crippen LogP contribution in [0, 0.1) is 11.3 Å². The second-order valence-corrected chi connectivity index (χ2v) is 7.04. The Bertz CT molecular complexity index is 867. The molecule has 1 aliphatic carbocycles. The minimum Gasteiger partial charge on any atom is -0.492 e. The monoisotopic (exact) mass is 353 g/mol. The van der Waals surface area contributed by atoms with Gasteiger partial charge in [0.25, 0.3) is 0 Å². The molecule has 7 nitrogen and oxygen atoms in total. The van der Waals surface area contributed by atoms with Gasteiger partial charge in [0.1, 0.15) is 17.0 Å². The summed E-state index contributed by atoms with van der Waals surface area (Å²) in [5, 5.41) is 37.5. The first-order valence-electron chi connectivity index (χ1n) is 8.60. The average Bonchev–Trinajstić information content (AvgIpc) is 3.11. The number of rotatable bonds is 2. The first-order valence-corrected chi connectivity index (χ1v) is 8.60. The van der Waals surface area contributed by atoms with E-state index in [2.05, 4.69) is 16.3 Å². The van der Waals surface area contributed by atoms with Crippen molar-refractivity contribution in [3.05, 3.63) is 41.5 Å². The Morgan fingerprint density at radius 1 is 1.23 bits per heavy atom. The quantitative estimate of drug-likeness (QED) is 0.854. The molecule has 134 valence electrons. The van der Waals surface area contributed by atoms with Gasteiger partial charge in [0.05, 0.1) is 11.6 Å². The maximum atomic E-state index is 11.5. The number of hydrogen-bond donors (Lipinski definition) is 2. The van der Waals surface area contributed by atoms with Gasteiger partial charge in [0, 0.05) is 17.7 Å². The normalized spacial score (nSPS) is 26.0. The smallest absolute Gasteiger partial charge is 0.234 e. The Kier molecular flexibility index (Phi) is 3.74. The molecule has 2 unspecified atom stereocenters. The third-order valence-corrected chi connectivity index (χ3v) is 5.44. The van der Waals surface area contributed by atoms with Crippen LogP contribution in [0.15, 0.2) is 30.3 Å². The Hall–Kier alpha value is -2.85. The van der Waals surface area contributed by atoms with Crippen molar-refractivity contribution in [1.82, 2.24) is 10.2 Å². The number of aliphatic hydroxyl groups is 1. The summed E-state index contributed by atoms with van der Waals surface area (Å²) in [4.78, 5) is 0. The molecule has 0 saturated heterocycles. The van der Waals surface area contributed by atoms with Crippen LogP contribution in [0.3, 0.4) is 0 Å². The highest BCUT2D eigenvalue weighted by Gasteiger charge is 2.60. The van der Waals surface area contributed by atoms with Crippen molar-refractivity contribution in [3.63, 3.8) is 0 Å². The third kappa shape index (κ3) is 2.45. The molecular formula is C19H19N3O4. The molecule has 2 N–H and O–H groups in total. The van der Waals surface area contributed by atoms with Gasteiger partial charge in [-0.15, -0.1) is 10.2 Å². The summed E-state index contributed by atoms with van der Waals surface area (Å²) < 4.78 is 12.3. The number of aromatic hydroxyl groups is 1. The van der Waals surface area contributed by atoms with E-state index in [0.29, 0.717) is 16.9 Å². The van der Waals surface area contributed by atoms with Crippen molar-refractivity contribution in [2.24, 2.45) is 0 Å². The number of fused-ring (bicyclic) bond motifs is 1. The summed E-state index contributed by atoms with van der Waals surface area (Å²) in [6.45, 7) is 1.71. The van der Waals surface area contributed by atoms with E-state index in [1.54, 1.807) is 25.1 Å². The first kappa shape index (κ1) is 16.6. The maximum Gasteiger partial charge on any atom is 0.234 e. The maximum absolute atomic E-state index is 11.5. The van der Waals surface area contributed by atoms with Crippen LogP contribution in [0.2, 0.25) is 0 Å². The highest BCUT2D eigenvalue weighted by Crippen LogP contribution is 2.54. The third-order valence-electron chi connectivity index (χ3n) is 5.44. The molecule has 1 fully saturated rings. The van der Waals surface area contributed by atoms with Gasteiger partial charge in [0.15, 0.2) is 6.10 Å². The number of nitriles is 1. The predicted octanol–water partition coefficient (Wildman–Crippen LogP) is 2.63. The van der Waals surface area contributed by atoms with Crippen molar-refractivity contribution in [2.75, 3.05) is 0 Å². The van der Waals surface area contributed by atoms with E-state index in [-0.39, 0.29) is 11.8 Å². The largest absolute Gasteiger partial charge is 0.492 e. The number of aromatic nitrogens is 2. The molecule has 2 aromatic rings. The molecule has 1 aliphatic heterocycles. The summed E-state index contributed by atoms with van der Waals surface area (Å²) in [5.41, 5.74) is -1.02. The minimum atomic E-state index is -1.33. The molecule has 2 atom stereocenters. The summed E-state index contributed by atoms with van der Waals surface area (Å²) in [7, 11) is 0. The van der Waals surface area contributed by atoms with Crippen molar-refractivity contribution in [2.45, 2.75) is 49.9 Å². The zero-order valence-electron chi connectivity index (χ0n) is 14.3. The van der Waals surface area contributed by atoms with Crippen molar-refractivity contribution in [1.29, 1.82) is 5.26 Å². The number of nitrogens with zero attached hydrogens (tertiary/aromatic N) is 3. The van der Waals surface area contributed by atoms with Crippen LogP contribution in [-0.2, 0) is 0 Å². The van der Waals surface area contributed by atoms with Gasteiger partial charge < -0.3 is 19.7 Å². The molecule has 4 rings (SSSR count). The highest BCUT2D eigenvalue weighted by molar-refractivity contribution is 5.47. The summed E-state index contributed by atoms with van der Waals surface area (Å²) in [6, 6.07) is 10.1. The van der Waals surface area contributed by atoms with Gasteiger partial charge in [-0.2, -0.15) is 5.26 Å². The molecule has 1 spiro atoms. The topological polar surface area (TPSA) is 108 Å². The van der Waals surface area contributed by atoms with Gasteiger partial charge in [0.2, 0.25) is 11.8 Å². The average molecular weight is 353 g/mol. The SMILES string of the molecule is CC1(O)C(Oc2ccc(O)nn2)c2cc(C#N)ccc2OC12CCCC2. The van der Waals surface area contributed by atoms with Gasteiger partial charge >= 0.3 is 0 Å². The van der Waals surface area contributed by atoms with Gasteiger partial charge in [-0.05, 0) is 50.8 Å². The fourth-order valence-electron chi connectivity index (χ4n) is 4.00. The van der Waals surface area contributed by atoms with Gasteiger partial charge in [-0.3, -0.25) is 0 Å². The van der Waals surface area contributed by atoms with Crippen LogP contribution in [0.4, 0.5) is 0 Å². The molecule has 2 heterocycles. The molecule has 1 aromatic heterocycles. The molecular weight excluding hydrogens is 334 g/mol. The Morgan fingerprint density at radius 2 is 2.00 bits per heavy atom. The molecule has 0 amide bonds. The fraction of sp³-hybridized carbons (Fsp3) is 0.421. The second kappa shape index (κ2) is 5.85. The lowest BCUT2D eigenvalue weighted by Crippen LogP contribution is -2.61. The van der Waals surface area contributed by atoms with Crippen molar-refractivity contribution in [3.8, 4) is 23.6 Å². The molecule has 26 heavy (non-hydrogen) atoms. The van der Waals surface area contributed by atoms with E-state index in [1.807, 2.05) is 0 Å². The van der Waals surface area contributed by atoms with E-state index in [9.17, 15) is 15.5 Å². The lowest BCUT2D eigenvalue weighted by Gasteiger charge is -2.50.